The minimum Gasteiger partial charge on any atom is -0.464 e. The molecule has 0 saturated carbocycles. The Morgan fingerprint density at radius 1 is 1.21 bits per heavy atom. The van der Waals surface area contributed by atoms with Crippen LogP contribution in [0.3, 0.4) is 0 Å². The Morgan fingerprint density at radius 3 is 2.55 bits per heavy atom. The predicted molar refractivity (Wildman–Crippen MR) is 127 cm³/mol. The molecule has 1 aliphatic heterocycles. The molecule has 0 aromatic heterocycles. The van der Waals surface area contributed by atoms with Crippen LogP contribution < -0.4 is 0 Å². The molecule has 172 valence electrons. The summed E-state index contributed by atoms with van der Waals surface area (Å²) in [7, 11) is 0. The van der Waals surface area contributed by atoms with E-state index in [2.05, 4.69) is 0 Å². The Bertz CT molecular complexity index is 1130. The third-order valence-electron chi connectivity index (χ3n) is 4.46. The number of aryl methyl sites for hydroxylation is 1. The summed E-state index contributed by atoms with van der Waals surface area (Å²) in [6, 6.07) is 12.3. The lowest BCUT2D eigenvalue weighted by Gasteiger charge is -2.12. The number of carbonyl (C=O) groups excluding carboxylic acids is 3. The van der Waals surface area contributed by atoms with Gasteiger partial charge in [-0.15, -0.1) is 0 Å². The fourth-order valence-electron chi connectivity index (χ4n) is 2.81. The van der Waals surface area contributed by atoms with Crippen LogP contribution in [0.5, 0.6) is 0 Å². The lowest BCUT2D eigenvalue weighted by molar-refractivity contribution is -0.387. The van der Waals surface area contributed by atoms with E-state index in [0.717, 1.165) is 15.4 Å². The Kier molecular flexibility index (Phi) is 7.93. The van der Waals surface area contributed by atoms with E-state index in [9.17, 15) is 24.5 Å². The van der Waals surface area contributed by atoms with E-state index >= 15 is 0 Å². The van der Waals surface area contributed by atoms with Crippen LogP contribution in [-0.4, -0.2) is 40.1 Å². The number of nitro groups is 1. The number of hydrogen-bond donors (Lipinski definition) is 0. The first-order valence-corrected chi connectivity index (χ1v) is 11.7. The van der Waals surface area contributed by atoms with Gasteiger partial charge in [-0.25, -0.2) is 0 Å². The molecule has 0 aliphatic carbocycles. The molecule has 0 N–H and O–H groups in total. The highest BCUT2D eigenvalue weighted by Crippen LogP contribution is 2.37. The maximum atomic E-state index is 12.6. The minimum absolute atomic E-state index is 0.0879. The van der Waals surface area contributed by atoms with Crippen molar-refractivity contribution in [1.29, 1.82) is 0 Å². The summed E-state index contributed by atoms with van der Waals surface area (Å²) < 4.78 is 5.04. The molecule has 1 aliphatic rings. The highest BCUT2D eigenvalue weighted by atomic mass is 32.2. The summed E-state index contributed by atoms with van der Waals surface area (Å²) >= 11 is 1.95. The van der Waals surface area contributed by atoms with Gasteiger partial charge in [0.15, 0.2) is 0 Å². The standard InChI is InChI=1S/C23H22N2O6S2/c1-14(2)13-31-21(26)12-24-22(27)20(33-23(24)28)11-16-6-9-19(18(10-16)25(29)30)32-17-7-4-15(3)5-8-17/h4-11,14H,12-13H2,1-3H3/b20-11-. The zero-order chi connectivity index (χ0) is 24.1. The molecule has 1 fully saturated rings. The second-order valence-corrected chi connectivity index (χ2v) is 9.85. The molecule has 3 rings (SSSR count). The third-order valence-corrected chi connectivity index (χ3v) is 6.45. The average Bonchev–Trinajstić information content (AvgIpc) is 3.02. The quantitative estimate of drug-likeness (QED) is 0.214. The first kappa shape index (κ1) is 24.5. The van der Waals surface area contributed by atoms with Gasteiger partial charge in [-0.2, -0.15) is 0 Å². The van der Waals surface area contributed by atoms with Crippen molar-refractivity contribution in [2.24, 2.45) is 5.92 Å². The van der Waals surface area contributed by atoms with Crippen molar-refractivity contribution >= 4 is 52.4 Å². The zero-order valence-corrected chi connectivity index (χ0v) is 19.9. The molecule has 10 heteroatoms. The summed E-state index contributed by atoms with van der Waals surface area (Å²) in [4.78, 5) is 50.1. The number of rotatable bonds is 8. The predicted octanol–water partition coefficient (Wildman–Crippen LogP) is 5.29. The number of carbonyl (C=O) groups is 3. The van der Waals surface area contributed by atoms with Gasteiger partial charge in [0.1, 0.15) is 6.54 Å². The van der Waals surface area contributed by atoms with Crippen LogP contribution in [0, 0.1) is 23.0 Å². The topological polar surface area (TPSA) is 107 Å². The summed E-state index contributed by atoms with van der Waals surface area (Å²) in [6.45, 7) is 5.43. The number of benzene rings is 2. The first-order valence-electron chi connectivity index (χ1n) is 10.1. The summed E-state index contributed by atoms with van der Waals surface area (Å²) in [5.41, 5.74) is 1.39. The molecule has 2 amide bonds. The van der Waals surface area contributed by atoms with Crippen molar-refractivity contribution in [2.45, 2.75) is 30.6 Å². The van der Waals surface area contributed by atoms with Gasteiger partial charge in [0.2, 0.25) is 0 Å². The molecule has 0 atom stereocenters. The number of imide groups is 1. The maximum absolute atomic E-state index is 12.6. The van der Waals surface area contributed by atoms with Crippen LogP contribution in [0.25, 0.3) is 6.08 Å². The number of esters is 1. The molecule has 0 spiro atoms. The maximum Gasteiger partial charge on any atom is 0.326 e. The van der Waals surface area contributed by atoms with Crippen LogP contribution >= 0.6 is 23.5 Å². The Morgan fingerprint density at radius 2 is 1.91 bits per heavy atom. The van der Waals surface area contributed by atoms with Crippen LogP contribution in [-0.2, 0) is 14.3 Å². The smallest absolute Gasteiger partial charge is 0.326 e. The normalized spacial score (nSPS) is 14.9. The molecular weight excluding hydrogens is 464 g/mol. The van der Waals surface area contributed by atoms with Gasteiger partial charge in [0.25, 0.3) is 16.8 Å². The van der Waals surface area contributed by atoms with Crippen LogP contribution in [0.2, 0.25) is 0 Å². The van der Waals surface area contributed by atoms with Gasteiger partial charge in [-0.05, 0) is 54.4 Å². The molecule has 1 heterocycles. The molecule has 0 bridgehead atoms. The van der Waals surface area contributed by atoms with Crippen molar-refractivity contribution in [3.8, 4) is 0 Å². The Hall–Kier alpha value is -3.11. The summed E-state index contributed by atoms with van der Waals surface area (Å²) in [6.07, 6.45) is 1.41. The van der Waals surface area contributed by atoms with Gasteiger partial charge < -0.3 is 4.74 Å². The molecule has 0 unspecified atom stereocenters. The summed E-state index contributed by atoms with van der Waals surface area (Å²) in [5.74, 6) is -1.17. The lowest BCUT2D eigenvalue weighted by Crippen LogP contribution is -2.34. The number of hydrogen-bond acceptors (Lipinski definition) is 8. The van der Waals surface area contributed by atoms with Crippen molar-refractivity contribution in [3.05, 3.63) is 68.6 Å². The van der Waals surface area contributed by atoms with Gasteiger partial charge in [-0.3, -0.25) is 29.4 Å². The van der Waals surface area contributed by atoms with E-state index in [1.165, 1.54) is 23.9 Å². The molecule has 33 heavy (non-hydrogen) atoms. The number of nitro benzene ring substituents is 1. The molecule has 0 radical (unpaired) electrons. The van der Waals surface area contributed by atoms with Crippen LogP contribution in [0.4, 0.5) is 10.5 Å². The monoisotopic (exact) mass is 486 g/mol. The number of nitrogens with zero attached hydrogens (tertiary/aromatic N) is 2. The SMILES string of the molecule is Cc1ccc(Sc2ccc(/C=C3\SC(=O)N(CC(=O)OCC(C)C)C3=O)cc2[N+](=O)[O-])cc1. The van der Waals surface area contributed by atoms with E-state index in [1.807, 2.05) is 45.0 Å². The van der Waals surface area contributed by atoms with E-state index in [-0.39, 0.29) is 23.1 Å². The molecule has 2 aromatic carbocycles. The highest BCUT2D eigenvalue weighted by Gasteiger charge is 2.36. The van der Waals surface area contributed by atoms with Gasteiger partial charge in [0, 0.05) is 11.0 Å². The Labute approximate surface area is 199 Å². The van der Waals surface area contributed by atoms with Gasteiger partial charge in [0.05, 0.1) is 21.3 Å². The Balaban J connectivity index is 1.78. The number of ether oxygens (including phenoxy) is 1. The van der Waals surface area contributed by atoms with E-state index in [4.69, 9.17) is 4.74 Å². The lowest BCUT2D eigenvalue weighted by atomic mass is 10.2. The largest absolute Gasteiger partial charge is 0.464 e. The number of amides is 2. The zero-order valence-electron chi connectivity index (χ0n) is 18.3. The minimum atomic E-state index is -0.666. The van der Waals surface area contributed by atoms with Crippen molar-refractivity contribution in [2.75, 3.05) is 13.2 Å². The molecule has 8 nitrogen and oxygen atoms in total. The molecule has 2 aromatic rings. The van der Waals surface area contributed by atoms with Crippen molar-refractivity contribution < 1.29 is 24.0 Å². The van der Waals surface area contributed by atoms with E-state index in [0.29, 0.717) is 22.2 Å². The van der Waals surface area contributed by atoms with Gasteiger partial charge >= 0.3 is 5.97 Å². The molecular formula is C23H22N2O6S2. The van der Waals surface area contributed by atoms with Crippen LogP contribution in [0.15, 0.2) is 57.2 Å². The fourth-order valence-corrected chi connectivity index (χ4v) is 4.55. The van der Waals surface area contributed by atoms with Gasteiger partial charge in [-0.1, -0.05) is 49.4 Å². The second-order valence-electron chi connectivity index (χ2n) is 7.74. The molecule has 1 saturated heterocycles. The highest BCUT2D eigenvalue weighted by molar-refractivity contribution is 8.18. The summed E-state index contributed by atoms with van der Waals surface area (Å²) in [5, 5.41) is 11.1. The fraction of sp³-hybridized carbons (Fsp3) is 0.261. The van der Waals surface area contributed by atoms with E-state index in [1.54, 1.807) is 12.1 Å². The number of thioether (sulfide) groups is 1. The van der Waals surface area contributed by atoms with Crippen molar-refractivity contribution in [3.63, 3.8) is 0 Å². The second kappa shape index (κ2) is 10.7. The van der Waals surface area contributed by atoms with Crippen LogP contribution in [0.1, 0.15) is 25.0 Å². The first-order chi connectivity index (χ1) is 15.6. The van der Waals surface area contributed by atoms with Crippen molar-refractivity contribution in [1.82, 2.24) is 4.90 Å². The third kappa shape index (κ3) is 6.45. The van der Waals surface area contributed by atoms with E-state index < -0.39 is 28.6 Å². The average molecular weight is 487 g/mol.